The molecule has 1 aliphatic rings. The first-order valence-electron chi connectivity index (χ1n) is 6.30. The van der Waals surface area contributed by atoms with Crippen LogP contribution in [0, 0.1) is 35.6 Å². The number of rotatable bonds is 6. The fourth-order valence-electron chi connectivity index (χ4n) is 2.85. The molecule has 1 fully saturated rings. The molecule has 0 amide bonds. The van der Waals surface area contributed by atoms with Gasteiger partial charge in [0.1, 0.15) is 11.1 Å². The smallest absolute Gasteiger partial charge is 0.295 e. The lowest BCUT2D eigenvalue weighted by Gasteiger charge is -2.58. The van der Waals surface area contributed by atoms with Gasteiger partial charge in [0, 0.05) is 0 Å². The van der Waals surface area contributed by atoms with Crippen molar-refractivity contribution in [3.63, 3.8) is 0 Å². The third-order valence-electron chi connectivity index (χ3n) is 3.80. The van der Waals surface area contributed by atoms with Crippen LogP contribution in [0.15, 0.2) is 0 Å². The molecule has 0 aliphatic carbocycles. The Kier molecular flexibility index (Phi) is 4.81. The standard InChI is InChI=1S/C9H16N4O10/c1-8(2)6(22-12(17)18)5(21-11(15)16)7(23-13(19)20)9(3,4)10(8)14/h5-7,10H,1-4H3. The highest BCUT2D eigenvalue weighted by Crippen LogP contribution is 2.31. The number of nitrogens with zero attached hydrogens (tertiary/aromatic N) is 3. The number of piperidine rings is 1. The van der Waals surface area contributed by atoms with Crippen molar-refractivity contribution >= 4 is 0 Å². The van der Waals surface area contributed by atoms with E-state index in [9.17, 15) is 35.6 Å². The van der Waals surface area contributed by atoms with Crippen molar-refractivity contribution in [1.29, 1.82) is 0 Å². The summed E-state index contributed by atoms with van der Waals surface area (Å²) >= 11 is 0. The Balaban J connectivity index is 3.41. The molecular weight excluding hydrogens is 324 g/mol. The highest BCUT2D eigenvalue weighted by Gasteiger charge is 2.63. The average Bonchev–Trinajstić information content (AvgIpc) is 2.36. The molecule has 0 saturated carbocycles. The van der Waals surface area contributed by atoms with Crippen molar-refractivity contribution in [2.24, 2.45) is 0 Å². The van der Waals surface area contributed by atoms with Crippen LogP contribution in [-0.2, 0) is 14.5 Å². The summed E-state index contributed by atoms with van der Waals surface area (Å²) in [6.45, 7) is 5.07. The topological polar surface area (TPSA) is 185 Å². The Hall–Kier alpha value is -2.48. The summed E-state index contributed by atoms with van der Waals surface area (Å²) in [4.78, 5) is 45.1. The van der Waals surface area contributed by atoms with Crippen LogP contribution in [0.25, 0.3) is 0 Å². The molecule has 0 aromatic carbocycles. The summed E-state index contributed by atoms with van der Waals surface area (Å²) in [5.41, 5.74) is -3.18. The first kappa shape index (κ1) is 18.6. The van der Waals surface area contributed by atoms with Gasteiger partial charge in [-0.15, -0.1) is 30.3 Å². The van der Waals surface area contributed by atoms with E-state index in [0.717, 1.165) is 0 Å². The monoisotopic (exact) mass is 340 g/mol. The molecule has 0 bridgehead atoms. The number of hydrogen-bond donors (Lipinski definition) is 1. The molecule has 1 heterocycles. The summed E-state index contributed by atoms with van der Waals surface area (Å²) < 4.78 is 0. The second-order valence-corrected chi connectivity index (χ2v) is 6.07. The van der Waals surface area contributed by atoms with Crippen LogP contribution < -0.4 is 5.06 Å². The largest absolute Gasteiger partial charge is 0.633 e. The van der Waals surface area contributed by atoms with Crippen molar-refractivity contribution < 1.29 is 34.8 Å². The second-order valence-electron chi connectivity index (χ2n) is 6.07. The Labute approximate surface area is 128 Å². The lowest BCUT2D eigenvalue weighted by atomic mass is 9.76. The maximum atomic E-state index is 12.6. The Bertz CT molecular complexity index is 473. The number of hydroxylamine groups is 2. The molecule has 132 valence electrons. The molecule has 2 unspecified atom stereocenters. The zero-order chi connectivity index (χ0) is 18.2. The highest BCUT2D eigenvalue weighted by molar-refractivity contribution is 5.01. The van der Waals surface area contributed by atoms with E-state index < -0.39 is 49.7 Å². The van der Waals surface area contributed by atoms with Crippen LogP contribution in [-0.4, -0.2) is 44.6 Å². The van der Waals surface area contributed by atoms with E-state index in [-0.39, 0.29) is 0 Å². The van der Waals surface area contributed by atoms with Crippen LogP contribution in [0.5, 0.6) is 0 Å². The Morgan fingerprint density at radius 1 is 0.783 bits per heavy atom. The summed E-state index contributed by atoms with van der Waals surface area (Å²) in [7, 11) is 0. The van der Waals surface area contributed by atoms with Crippen LogP contribution in [0.3, 0.4) is 0 Å². The quantitative estimate of drug-likeness (QED) is 0.345. The lowest BCUT2D eigenvalue weighted by molar-refractivity contribution is -0.988. The van der Waals surface area contributed by atoms with Gasteiger partial charge in [0.15, 0.2) is 18.3 Å². The zero-order valence-corrected chi connectivity index (χ0v) is 12.7. The molecule has 1 rings (SSSR count). The van der Waals surface area contributed by atoms with Gasteiger partial charge in [-0.3, -0.25) is 0 Å². The van der Waals surface area contributed by atoms with Crippen LogP contribution >= 0.6 is 0 Å². The minimum atomic E-state index is -1.86. The molecule has 1 N–H and O–H groups in total. The maximum Gasteiger partial charge on any atom is 0.295 e. The SMILES string of the molecule is CC1(C)C(O[N+](=O)[O-])C(O[N+](=O)[O-])C(O[N+](=O)[O-])C(C)(C)[NH+]1[O-]. The second kappa shape index (κ2) is 5.96. The number of quaternary nitrogens is 1. The van der Waals surface area contributed by atoms with E-state index in [4.69, 9.17) is 0 Å². The molecule has 0 aromatic heterocycles. The van der Waals surface area contributed by atoms with Gasteiger partial charge in [-0.2, -0.15) is 0 Å². The third-order valence-corrected chi connectivity index (χ3v) is 3.80. The fourth-order valence-corrected chi connectivity index (χ4v) is 2.85. The summed E-state index contributed by atoms with van der Waals surface area (Å²) in [5, 5.41) is 40.1. The number of hydrogen-bond acceptors (Lipinski definition) is 10. The van der Waals surface area contributed by atoms with E-state index in [2.05, 4.69) is 14.5 Å². The zero-order valence-electron chi connectivity index (χ0n) is 12.7. The molecule has 0 spiro atoms. The lowest BCUT2D eigenvalue weighted by Crippen LogP contribution is -3.27. The average molecular weight is 340 g/mol. The maximum absolute atomic E-state index is 12.6. The van der Waals surface area contributed by atoms with Gasteiger partial charge in [0.05, 0.1) is 0 Å². The molecular formula is C9H16N4O10. The van der Waals surface area contributed by atoms with Crippen molar-refractivity contribution in [3.8, 4) is 0 Å². The van der Waals surface area contributed by atoms with Gasteiger partial charge < -0.3 is 24.8 Å². The van der Waals surface area contributed by atoms with Crippen LogP contribution in [0.1, 0.15) is 27.7 Å². The van der Waals surface area contributed by atoms with E-state index >= 15 is 0 Å². The van der Waals surface area contributed by atoms with Crippen molar-refractivity contribution in [1.82, 2.24) is 0 Å². The minimum absolute atomic E-state index is 0.660. The fraction of sp³-hybridized carbons (Fsp3) is 1.00. The highest BCUT2D eigenvalue weighted by atomic mass is 17.0. The Morgan fingerprint density at radius 2 is 1.09 bits per heavy atom. The van der Waals surface area contributed by atoms with E-state index in [0.29, 0.717) is 0 Å². The van der Waals surface area contributed by atoms with Crippen molar-refractivity contribution in [2.45, 2.75) is 57.1 Å². The minimum Gasteiger partial charge on any atom is -0.633 e. The van der Waals surface area contributed by atoms with Gasteiger partial charge in [-0.25, -0.2) is 0 Å². The predicted octanol–water partition coefficient (Wildman–Crippen LogP) is -1.33. The first-order chi connectivity index (χ1) is 10.3. The summed E-state index contributed by atoms with van der Waals surface area (Å²) in [5.74, 6) is 0. The predicted molar refractivity (Wildman–Crippen MR) is 68.1 cm³/mol. The Morgan fingerprint density at radius 3 is 1.35 bits per heavy atom. The molecule has 14 heteroatoms. The molecule has 2 atom stereocenters. The normalized spacial score (nSPS) is 31.7. The van der Waals surface area contributed by atoms with Crippen molar-refractivity contribution in [2.75, 3.05) is 0 Å². The van der Waals surface area contributed by atoms with Gasteiger partial charge in [0.2, 0.25) is 0 Å². The molecule has 1 saturated heterocycles. The van der Waals surface area contributed by atoms with Crippen LogP contribution in [0.2, 0.25) is 0 Å². The molecule has 23 heavy (non-hydrogen) atoms. The van der Waals surface area contributed by atoms with Gasteiger partial charge >= 0.3 is 0 Å². The first-order valence-corrected chi connectivity index (χ1v) is 6.30. The molecule has 14 nitrogen and oxygen atoms in total. The van der Waals surface area contributed by atoms with Crippen LogP contribution in [0.4, 0.5) is 0 Å². The van der Waals surface area contributed by atoms with Crippen molar-refractivity contribution in [3.05, 3.63) is 35.6 Å². The molecule has 0 aromatic rings. The summed E-state index contributed by atoms with van der Waals surface area (Å²) in [6.07, 6.45) is -5.40. The van der Waals surface area contributed by atoms with E-state index in [1.807, 2.05) is 0 Å². The third kappa shape index (κ3) is 3.48. The van der Waals surface area contributed by atoms with E-state index in [1.165, 1.54) is 27.7 Å². The molecule has 1 aliphatic heterocycles. The van der Waals surface area contributed by atoms with Gasteiger partial charge in [-0.05, 0) is 27.7 Å². The van der Waals surface area contributed by atoms with Gasteiger partial charge in [-0.1, -0.05) is 0 Å². The molecule has 0 radical (unpaired) electrons. The van der Waals surface area contributed by atoms with E-state index in [1.54, 1.807) is 0 Å². The van der Waals surface area contributed by atoms with Gasteiger partial charge in [0.25, 0.3) is 15.3 Å². The summed E-state index contributed by atoms with van der Waals surface area (Å²) in [6, 6.07) is 0. The number of nitrogens with one attached hydrogen (secondary N) is 1.